The number of pyridine rings is 1. The van der Waals surface area contributed by atoms with Gasteiger partial charge in [0.05, 0.1) is 19.6 Å². The van der Waals surface area contributed by atoms with Gasteiger partial charge in [-0.1, -0.05) is 26.7 Å². The molecule has 1 aliphatic rings. The molecule has 5 nitrogen and oxygen atoms in total. The number of nitrogens with one attached hydrogen (secondary N) is 1. The Labute approximate surface area is 137 Å². The lowest BCUT2D eigenvalue weighted by Crippen LogP contribution is -2.42. The van der Waals surface area contributed by atoms with Crippen LogP contribution < -0.4 is 5.32 Å². The molecule has 126 valence electrons. The number of aromatic nitrogens is 1. The third-order valence-electron chi connectivity index (χ3n) is 4.85. The Kier molecular flexibility index (Phi) is 5.74. The lowest BCUT2D eigenvalue weighted by atomic mass is 9.68. The first-order valence-corrected chi connectivity index (χ1v) is 8.21. The fourth-order valence-electron chi connectivity index (χ4n) is 3.35. The highest BCUT2D eigenvalue weighted by atomic mass is 16.5. The molecule has 0 bridgehead atoms. The summed E-state index contributed by atoms with van der Waals surface area (Å²) < 4.78 is 4.76. The van der Waals surface area contributed by atoms with Gasteiger partial charge in [0.1, 0.15) is 0 Å². The van der Waals surface area contributed by atoms with E-state index in [1.54, 1.807) is 12.4 Å². The topological polar surface area (TPSA) is 68.3 Å². The second kappa shape index (κ2) is 7.57. The van der Waals surface area contributed by atoms with E-state index in [0.717, 1.165) is 24.8 Å². The van der Waals surface area contributed by atoms with Gasteiger partial charge in [-0.2, -0.15) is 0 Å². The summed E-state index contributed by atoms with van der Waals surface area (Å²) in [6.45, 7) is 4.30. The van der Waals surface area contributed by atoms with E-state index in [0.29, 0.717) is 0 Å². The number of hydrogen-bond donors (Lipinski definition) is 1. The molecule has 1 N–H and O–H groups in total. The van der Waals surface area contributed by atoms with Crippen LogP contribution in [-0.2, 0) is 14.3 Å². The average molecular weight is 318 g/mol. The van der Waals surface area contributed by atoms with Gasteiger partial charge in [0, 0.05) is 18.3 Å². The lowest BCUT2D eigenvalue weighted by molar-refractivity contribution is -0.141. The van der Waals surface area contributed by atoms with Gasteiger partial charge >= 0.3 is 5.97 Å². The summed E-state index contributed by atoms with van der Waals surface area (Å²) in [6, 6.07) is 3.26. The van der Waals surface area contributed by atoms with Gasteiger partial charge in [0.25, 0.3) is 0 Å². The number of carbonyl (C=O) groups is 2. The third kappa shape index (κ3) is 4.53. The van der Waals surface area contributed by atoms with Gasteiger partial charge in [-0.3, -0.25) is 14.6 Å². The van der Waals surface area contributed by atoms with Crippen LogP contribution in [0.2, 0.25) is 0 Å². The van der Waals surface area contributed by atoms with Crippen molar-refractivity contribution in [1.82, 2.24) is 10.3 Å². The SMILES string of the molecule is COC(=O)C[C@H](NC(=O)[C@H]1CCCCC1(C)C)c1ccncc1. The molecule has 0 spiro atoms. The van der Waals surface area contributed by atoms with Gasteiger partial charge in [-0.15, -0.1) is 0 Å². The molecule has 1 heterocycles. The number of nitrogens with zero attached hydrogens (tertiary/aromatic N) is 1. The molecule has 0 unspecified atom stereocenters. The molecule has 5 heteroatoms. The minimum Gasteiger partial charge on any atom is -0.469 e. The first-order valence-electron chi connectivity index (χ1n) is 8.21. The maximum Gasteiger partial charge on any atom is 0.307 e. The number of methoxy groups -OCH3 is 1. The van der Waals surface area contributed by atoms with Gasteiger partial charge in [0.15, 0.2) is 0 Å². The predicted octanol–water partition coefficient (Wildman–Crippen LogP) is 3.02. The minimum absolute atomic E-state index is 0.00358. The standard InChI is InChI=1S/C18H26N2O3/c1-18(2)9-5-4-6-14(18)17(22)20-15(12-16(21)23-3)13-7-10-19-11-8-13/h7-8,10-11,14-15H,4-6,9,12H2,1-3H3,(H,20,22)/t14-,15+/m1/s1. The van der Waals surface area contributed by atoms with E-state index < -0.39 is 0 Å². The molecule has 23 heavy (non-hydrogen) atoms. The Bertz CT molecular complexity index is 542. The van der Waals surface area contributed by atoms with Crippen LogP contribution in [0, 0.1) is 11.3 Å². The van der Waals surface area contributed by atoms with Crippen molar-refractivity contribution in [3.05, 3.63) is 30.1 Å². The summed E-state index contributed by atoms with van der Waals surface area (Å²) in [4.78, 5) is 28.5. The van der Waals surface area contributed by atoms with Crippen molar-refractivity contribution >= 4 is 11.9 Å². The molecule has 1 amide bonds. The molecule has 0 aliphatic heterocycles. The van der Waals surface area contributed by atoms with E-state index in [4.69, 9.17) is 4.74 Å². The molecule has 0 aromatic carbocycles. The molecular formula is C18H26N2O3. The van der Waals surface area contributed by atoms with E-state index in [2.05, 4.69) is 24.1 Å². The second-order valence-corrected chi connectivity index (χ2v) is 6.91. The number of carbonyl (C=O) groups excluding carboxylic acids is 2. The number of esters is 1. The Morgan fingerprint density at radius 3 is 2.65 bits per heavy atom. The summed E-state index contributed by atoms with van der Waals surface area (Å²) >= 11 is 0. The Balaban J connectivity index is 2.13. The van der Waals surface area contributed by atoms with Crippen molar-refractivity contribution in [2.75, 3.05) is 7.11 Å². The van der Waals surface area contributed by atoms with Crippen LogP contribution in [0.3, 0.4) is 0 Å². The largest absolute Gasteiger partial charge is 0.469 e. The monoisotopic (exact) mass is 318 g/mol. The van der Waals surface area contributed by atoms with E-state index in [-0.39, 0.29) is 35.7 Å². The first kappa shape index (κ1) is 17.4. The van der Waals surface area contributed by atoms with Crippen LogP contribution in [-0.4, -0.2) is 24.0 Å². The summed E-state index contributed by atoms with van der Waals surface area (Å²) in [5.74, 6) is -0.325. The second-order valence-electron chi connectivity index (χ2n) is 6.91. The average Bonchev–Trinajstić information content (AvgIpc) is 2.54. The van der Waals surface area contributed by atoms with Crippen molar-refractivity contribution in [3.63, 3.8) is 0 Å². The molecule has 1 fully saturated rings. The fraction of sp³-hybridized carbons (Fsp3) is 0.611. The number of ether oxygens (including phenoxy) is 1. The van der Waals surface area contributed by atoms with Crippen molar-refractivity contribution in [2.45, 2.75) is 52.0 Å². The third-order valence-corrected chi connectivity index (χ3v) is 4.85. The maximum absolute atomic E-state index is 12.8. The molecule has 2 rings (SSSR count). The highest BCUT2D eigenvalue weighted by Crippen LogP contribution is 2.40. The molecule has 0 radical (unpaired) electrons. The molecule has 1 aromatic rings. The predicted molar refractivity (Wildman–Crippen MR) is 87.5 cm³/mol. The van der Waals surface area contributed by atoms with Crippen LogP contribution in [0.4, 0.5) is 0 Å². The Morgan fingerprint density at radius 1 is 1.35 bits per heavy atom. The smallest absolute Gasteiger partial charge is 0.307 e. The van der Waals surface area contributed by atoms with E-state index in [1.165, 1.54) is 13.5 Å². The van der Waals surface area contributed by atoms with E-state index in [1.807, 2.05) is 12.1 Å². The number of hydrogen-bond acceptors (Lipinski definition) is 4. The zero-order valence-corrected chi connectivity index (χ0v) is 14.2. The van der Waals surface area contributed by atoms with E-state index in [9.17, 15) is 9.59 Å². The first-order chi connectivity index (χ1) is 10.9. The normalized spacial score (nSPS) is 21.3. The van der Waals surface area contributed by atoms with Crippen LogP contribution in [0.15, 0.2) is 24.5 Å². The van der Waals surface area contributed by atoms with Crippen LogP contribution >= 0.6 is 0 Å². The number of amides is 1. The van der Waals surface area contributed by atoms with Gasteiger partial charge < -0.3 is 10.1 Å². The van der Waals surface area contributed by atoms with Gasteiger partial charge in [0.2, 0.25) is 5.91 Å². The van der Waals surface area contributed by atoms with Crippen molar-refractivity contribution in [3.8, 4) is 0 Å². The van der Waals surface area contributed by atoms with Crippen molar-refractivity contribution in [2.24, 2.45) is 11.3 Å². The van der Waals surface area contributed by atoms with Crippen LogP contribution in [0.25, 0.3) is 0 Å². The zero-order chi connectivity index (χ0) is 16.9. The zero-order valence-electron chi connectivity index (χ0n) is 14.2. The summed E-state index contributed by atoms with van der Waals surface area (Å²) in [6.07, 6.45) is 7.67. The number of rotatable bonds is 5. The van der Waals surface area contributed by atoms with Gasteiger partial charge in [-0.05, 0) is 36.0 Å². The Morgan fingerprint density at radius 2 is 2.04 bits per heavy atom. The molecule has 1 aromatic heterocycles. The van der Waals surface area contributed by atoms with Gasteiger partial charge in [-0.25, -0.2) is 0 Å². The Hall–Kier alpha value is -1.91. The summed E-state index contributed by atoms with van der Waals surface area (Å²) in [5.41, 5.74) is 0.864. The molecule has 1 aliphatic carbocycles. The van der Waals surface area contributed by atoms with Crippen molar-refractivity contribution < 1.29 is 14.3 Å². The molecule has 0 saturated heterocycles. The quantitative estimate of drug-likeness (QED) is 0.847. The summed E-state index contributed by atoms with van der Waals surface area (Å²) in [7, 11) is 1.36. The molecule has 2 atom stereocenters. The summed E-state index contributed by atoms with van der Waals surface area (Å²) in [5, 5.41) is 3.06. The molecular weight excluding hydrogens is 292 g/mol. The van der Waals surface area contributed by atoms with Crippen LogP contribution in [0.1, 0.15) is 57.6 Å². The van der Waals surface area contributed by atoms with E-state index >= 15 is 0 Å². The fourth-order valence-corrected chi connectivity index (χ4v) is 3.35. The maximum atomic E-state index is 12.8. The van der Waals surface area contributed by atoms with Crippen LogP contribution in [0.5, 0.6) is 0 Å². The lowest BCUT2D eigenvalue weighted by Gasteiger charge is -2.38. The highest BCUT2D eigenvalue weighted by molar-refractivity contribution is 5.81. The van der Waals surface area contributed by atoms with Crippen molar-refractivity contribution in [1.29, 1.82) is 0 Å². The molecule has 1 saturated carbocycles. The minimum atomic E-state index is -0.379. The highest BCUT2D eigenvalue weighted by Gasteiger charge is 2.38.